The quantitative estimate of drug-likeness (QED) is 0.828. The molecule has 0 spiro atoms. The van der Waals surface area contributed by atoms with Gasteiger partial charge in [0.1, 0.15) is 0 Å². The molecule has 1 aliphatic rings. The van der Waals surface area contributed by atoms with Crippen LogP contribution in [0.3, 0.4) is 0 Å². The molecule has 0 radical (unpaired) electrons. The zero-order chi connectivity index (χ0) is 13.5. The SMILES string of the molecule is COC(=O)c1cccc(CCC[C@@H]2CCCNC2)c1. The summed E-state index contributed by atoms with van der Waals surface area (Å²) >= 11 is 0. The lowest BCUT2D eigenvalue weighted by Gasteiger charge is -2.22. The van der Waals surface area contributed by atoms with E-state index in [0.29, 0.717) is 5.56 Å². The molecule has 0 amide bonds. The molecule has 0 bridgehead atoms. The van der Waals surface area contributed by atoms with Gasteiger partial charge in [-0.2, -0.15) is 0 Å². The predicted molar refractivity (Wildman–Crippen MR) is 76.3 cm³/mol. The smallest absolute Gasteiger partial charge is 0.337 e. The number of rotatable bonds is 5. The third kappa shape index (κ3) is 4.35. The maximum absolute atomic E-state index is 11.5. The van der Waals surface area contributed by atoms with E-state index in [1.807, 2.05) is 12.1 Å². The average molecular weight is 261 g/mol. The van der Waals surface area contributed by atoms with E-state index in [4.69, 9.17) is 4.74 Å². The van der Waals surface area contributed by atoms with E-state index in [-0.39, 0.29) is 5.97 Å². The van der Waals surface area contributed by atoms with E-state index >= 15 is 0 Å². The van der Waals surface area contributed by atoms with Gasteiger partial charge in [0.25, 0.3) is 0 Å². The van der Waals surface area contributed by atoms with Gasteiger partial charge >= 0.3 is 5.97 Å². The molecular formula is C16H23NO2. The van der Waals surface area contributed by atoms with E-state index in [2.05, 4.69) is 11.4 Å². The van der Waals surface area contributed by atoms with Crippen LogP contribution in [-0.4, -0.2) is 26.2 Å². The largest absolute Gasteiger partial charge is 0.465 e. The monoisotopic (exact) mass is 261 g/mol. The number of piperidine rings is 1. The van der Waals surface area contributed by atoms with Crippen molar-refractivity contribution in [2.75, 3.05) is 20.2 Å². The van der Waals surface area contributed by atoms with Gasteiger partial charge in [-0.15, -0.1) is 0 Å². The first-order valence-corrected chi connectivity index (χ1v) is 7.17. The summed E-state index contributed by atoms with van der Waals surface area (Å²) in [5.41, 5.74) is 1.88. The number of nitrogens with one attached hydrogen (secondary N) is 1. The Kier molecular flexibility index (Phi) is 5.40. The second-order valence-corrected chi connectivity index (χ2v) is 5.30. The van der Waals surface area contributed by atoms with Gasteiger partial charge in [-0.25, -0.2) is 4.79 Å². The molecule has 1 aliphatic heterocycles. The molecule has 0 aromatic heterocycles. The van der Waals surface area contributed by atoms with Crippen LogP contribution in [0.1, 0.15) is 41.6 Å². The molecule has 0 saturated carbocycles. The first kappa shape index (κ1) is 14.1. The lowest BCUT2D eigenvalue weighted by Crippen LogP contribution is -2.29. The molecule has 3 heteroatoms. The lowest BCUT2D eigenvalue weighted by atomic mass is 9.93. The number of benzene rings is 1. The highest BCUT2D eigenvalue weighted by Gasteiger charge is 2.12. The Morgan fingerprint density at radius 2 is 2.37 bits per heavy atom. The van der Waals surface area contributed by atoms with E-state index in [0.717, 1.165) is 12.3 Å². The first-order chi connectivity index (χ1) is 9.29. The second kappa shape index (κ2) is 7.29. The predicted octanol–water partition coefficient (Wildman–Crippen LogP) is 2.80. The summed E-state index contributed by atoms with van der Waals surface area (Å²) in [4.78, 5) is 11.5. The van der Waals surface area contributed by atoms with Crippen molar-refractivity contribution in [3.63, 3.8) is 0 Å². The standard InChI is InChI=1S/C16H23NO2/c1-19-16(18)15-9-3-6-13(11-15)5-2-7-14-8-4-10-17-12-14/h3,6,9,11,14,17H,2,4-5,7-8,10,12H2,1H3/t14-/m1/s1. The number of hydrogen-bond acceptors (Lipinski definition) is 3. The Morgan fingerprint density at radius 1 is 1.47 bits per heavy atom. The average Bonchev–Trinajstić information content (AvgIpc) is 2.48. The molecule has 104 valence electrons. The number of methoxy groups -OCH3 is 1. The molecule has 0 unspecified atom stereocenters. The minimum absolute atomic E-state index is 0.252. The van der Waals surface area contributed by atoms with Gasteiger partial charge in [0, 0.05) is 0 Å². The van der Waals surface area contributed by atoms with Crippen LogP contribution in [0.5, 0.6) is 0 Å². The summed E-state index contributed by atoms with van der Waals surface area (Å²) in [6.45, 7) is 2.35. The molecule has 3 nitrogen and oxygen atoms in total. The molecule has 1 fully saturated rings. The lowest BCUT2D eigenvalue weighted by molar-refractivity contribution is 0.0600. The summed E-state index contributed by atoms with van der Waals surface area (Å²) in [7, 11) is 1.42. The van der Waals surface area contributed by atoms with Crippen LogP contribution in [-0.2, 0) is 11.2 Å². The van der Waals surface area contributed by atoms with Gasteiger partial charge in [0.05, 0.1) is 12.7 Å². The summed E-state index contributed by atoms with van der Waals surface area (Å²) < 4.78 is 4.74. The highest BCUT2D eigenvalue weighted by atomic mass is 16.5. The Hall–Kier alpha value is -1.35. The van der Waals surface area contributed by atoms with Crippen LogP contribution in [0.4, 0.5) is 0 Å². The summed E-state index contributed by atoms with van der Waals surface area (Å²) in [5, 5.41) is 3.45. The van der Waals surface area contributed by atoms with Crippen LogP contribution >= 0.6 is 0 Å². The molecular weight excluding hydrogens is 238 g/mol. The van der Waals surface area contributed by atoms with Crippen LogP contribution in [0.25, 0.3) is 0 Å². The Bertz CT molecular complexity index is 411. The minimum Gasteiger partial charge on any atom is -0.465 e. The molecule has 1 N–H and O–H groups in total. The third-order valence-electron chi connectivity index (χ3n) is 3.82. The molecule has 19 heavy (non-hydrogen) atoms. The number of hydrogen-bond donors (Lipinski definition) is 1. The molecule has 1 atom stereocenters. The second-order valence-electron chi connectivity index (χ2n) is 5.30. The van der Waals surface area contributed by atoms with Crippen molar-refractivity contribution in [3.8, 4) is 0 Å². The van der Waals surface area contributed by atoms with Crippen LogP contribution in [0.15, 0.2) is 24.3 Å². The van der Waals surface area contributed by atoms with E-state index < -0.39 is 0 Å². The van der Waals surface area contributed by atoms with Crippen molar-refractivity contribution < 1.29 is 9.53 Å². The number of esters is 1. The van der Waals surface area contributed by atoms with Crippen molar-refractivity contribution in [2.45, 2.75) is 32.1 Å². The zero-order valence-electron chi connectivity index (χ0n) is 11.7. The van der Waals surface area contributed by atoms with Crippen molar-refractivity contribution >= 4 is 5.97 Å². The van der Waals surface area contributed by atoms with Crippen molar-refractivity contribution in [2.24, 2.45) is 5.92 Å². The zero-order valence-corrected chi connectivity index (χ0v) is 11.7. The first-order valence-electron chi connectivity index (χ1n) is 7.17. The van der Waals surface area contributed by atoms with Gasteiger partial charge in [-0.1, -0.05) is 12.1 Å². The number of aryl methyl sites for hydroxylation is 1. The summed E-state index contributed by atoms with van der Waals surface area (Å²) in [5.74, 6) is 0.580. The maximum Gasteiger partial charge on any atom is 0.337 e. The van der Waals surface area contributed by atoms with E-state index in [1.165, 1.54) is 51.4 Å². The Balaban J connectivity index is 1.80. The minimum atomic E-state index is -0.252. The number of carbonyl (C=O) groups is 1. The molecule has 1 aromatic rings. The molecule has 0 aliphatic carbocycles. The Labute approximate surface area is 115 Å². The molecule has 1 aromatic carbocycles. The highest BCUT2D eigenvalue weighted by molar-refractivity contribution is 5.89. The van der Waals surface area contributed by atoms with E-state index in [9.17, 15) is 4.79 Å². The van der Waals surface area contributed by atoms with Crippen LogP contribution in [0.2, 0.25) is 0 Å². The maximum atomic E-state index is 11.5. The highest BCUT2D eigenvalue weighted by Crippen LogP contribution is 2.18. The molecule has 1 saturated heterocycles. The normalized spacial score (nSPS) is 19.1. The molecule has 1 heterocycles. The fourth-order valence-corrected chi connectivity index (χ4v) is 2.74. The van der Waals surface area contributed by atoms with Gasteiger partial charge in [0.2, 0.25) is 0 Å². The third-order valence-corrected chi connectivity index (χ3v) is 3.82. The van der Waals surface area contributed by atoms with Gasteiger partial charge < -0.3 is 10.1 Å². The van der Waals surface area contributed by atoms with E-state index in [1.54, 1.807) is 6.07 Å². The van der Waals surface area contributed by atoms with Gasteiger partial charge in [0.15, 0.2) is 0 Å². The number of ether oxygens (including phenoxy) is 1. The van der Waals surface area contributed by atoms with Gasteiger partial charge in [-0.05, 0) is 68.8 Å². The number of carbonyl (C=O) groups excluding carboxylic acids is 1. The summed E-state index contributed by atoms with van der Waals surface area (Å²) in [6.07, 6.45) is 6.17. The van der Waals surface area contributed by atoms with Crippen molar-refractivity contribution in [1.82, 2.24) is 5.32 Å². The fourth-order valence-electron chi connectivity index (χ4n) is 2.74. The Morgan fingerprint density at radius 3 is 3.11 bits per heavy atom. The van der Waals surface area contributed by atoms with Gasteiger partial charge in [-0.3, -0.25) is 0 Å². The summed E-state index contributed by atoms with van der Waals surface area (Å²) in [6, 6.07) is 7.78. The fraction of sp³-hybridized carbons (Fsp3) is 0.562. The van der Waals surface area contributed by atoms with Crippen molar-refractivity contribution in [1.29, 1.82) is 0 Å². The van der Waals surface area contributed by atoms with Crippen LogP contribution < -0.4 is 5.32 Å². The topological polar surface area (TPSA) is 38.3 Å². The van der Waals surface area contributed by atoms with Crippen molar-refractivity contribution in [3.05, 3.63) is 35.4 Å². The molecule has 2 rings (SSSR count). The van der Waals surface area contributed by atoms with Crippen LogP contribution in [0, 0.1) is 5.92 Å².